The number of nitrogens with one attached hydrogen (secondary N) is 1. The Labute approximate surface area is 175 Å². The van der Waals surface area contributed by atoms with Crippen LogP contribution in [0.2, 0.25) is 0 Å². The standard InChI is InChI=1S/C21H25N5O2S/c1-16-15-29-21(24-16)17(13-22)14-23-19-3-2-18(25-4-8-27-9-5-25)12-20(19)26-6-10-28-11-7-26/h2-3,12,14-15,23H,4-11H2,1H3/b17-14+. The molecule has 4 rings (SSSR count). The molecule has 0 saturated carbocycles. The second kappa shape index (κ2) is 9.27. The van der Waals surface area contributed by atoms with E-state index >= 15 is 0 Å². The van der Waals surface area contributed by atoms with Crippen LogP contribution >= 0.6 is 11.3 Å². The van der Waals surface area contributed by atoms with Gasteiger partial charge in [-0.2, -0.15) is 5.26 Å². The van der Waals surface area contributed by atoms with Crippen molar-refractivity contribution in [2.75, 3.05) is 67.7 Å². The van der Waals surface area contributed by atoms with Crippen LogP contribution in [0.1, 0.15) is 10.7 Å². The van der Waals surface area contributed by atoms with Crippen molar-refractivity contribution in [2.45, 2.75) is 6.92 Å². The molecular formula is C21H25N5O2S. The monoisotopic (exact) mass is 411 g/mol. The summed E-state index contributed by atoms with van der Waals surface area (Å²) in [6, 6.07) is 8.70. The van der Waals surface area contributed by atoms with E-state index in [9.17, 15) is 5.26 Å². The van der Waals surface area contributed by atoms with Crippen LogP contribution in [0.5, 0.6) is 0 Å². The normalized spacial score (nSPS) is 17.9. The Morgan fingerprint density at radius 1 is 1.14 bits per heavy atom. The highest BCUT2D eigenvalue weighted by Crippen LogP contribution is 2.32. The number of thiazole rings is 1. The topological polar surface area (TPSA) is 73.7 Å². The number of aromatic nitrogens is 1. The maximum Gasteiger partial charge on any atom is 0.135 e. The van der Waals surface area contributed by atoms with Crippen LogP contribution in [0.15, 0.2) is 29.8 Å². The van der Waals surface area contributed by atoms with Crippen LogP contribution in [0.4, 0.5) is 17.1 Å². The zero-order valence-corrected chi connectivity index (χ0v) is 17.4. The van der Waals surface area contributed by atoms with E-state index in [1.807, 2.05) is 12.3 Å². The molecule has 0 bridgehead atoms. The van der Waals surface area contributed by atoms with Gasteiger partial charge in [0.15, 0.2) is 0 Å². The summed E-state index contributed by atoms with van der Waals surface area (Å²) in [6.07, 6.45) is 1.76. The van der Waals surface area contributed by atoms with Gasteiger partial charge in [-0.1, -0.05) is 0 Å². The van der Waals surface area contributed by atoms with Gasteiger partial charge in [-0.3, -0.25) is 0 Å². The van der Waals surface area contributed by atoms with Gasteiger partial charge in [0.25, 0.3) is 0 Å². The molecule has 1 N–H and O–H groups in total. The Morgan fingerprint density at radius 3 is 2.45 bits per heavy atom. The minimum absolute atomic E-state index is 0.535. The van der Waals surface area contributed by atoms with E-state index < -0.39 is 0 Å². The van der Waals surface area contributed by atoms with Gasteiger partial charge in [0.2, 0.25) is 0 Å². The van der Waals surface area contributed by atoms with Crippen molar-refractivity contribution in [3.8, 4) is 6.07 Å². The highest BCUT2D eigenvalue weighted by atomic mass is 32.1. The summed E-state index contributed by atoms with van der Waals surface area (Å²) >= 11 is 1.48. The van der Waals surface area contributed by atoms with E-state index in [0.717, 1.165) is 74.7 Å². The van der Waals surface area contributed by atoms with Crippen molar-refractivity contribution in [2.24, 2.45) is 0 Å². The number of ether oxygens (including phenoxy) is 2. The van der Waals surface area contributed by atoms with E-state index in [4.69, 9.17) is 9.47 Å². The first kappa shape index (κ1) is 19.7. The summed E-state index contributed by atoms with van der Waals surface area (Å²) in [7, 11) is 0. The van der Waals surface area contributed by atoms with Crippen molar-refractivity contribution >= 4 is 34.0 Å². The third-order valence-corrected chi connectivity index (χ3v) is 6.04. The Bertz CT molecular complexity index is 908. The van der Waals surface area contributed by atoms with Gasteiger partial charge >= 0.3 is 0 Å². The highest BCUT2D eigenvalue weighted by Gasteiger charge is 2.18. The van der Waals surface area contributed by atoms with Gasteiger partial charge in [0.1, 0.15) is 16.6 Å². The quantitative estimate of drug-likeness (QED) is 0.758. The molecule has 0 radical (unpaired) electrons. The molecule has 2 fully saturated rings. The van der Waals surface area contributed by atoms with Gasteiger partial charge in [-0.05, 0) is 25.1 Å². The number of nitriles is 1. The minimum Gasteiger partial charge on any atom is -0.378 e. The summed E-state index contributed by atoms with van der Waals surface area (Å²) in [4.78, 5) is 9.11. The predicted molar refractivity (Wildman–Crippen MR) is 117 cm³/mol. The zero-order chi connectivity index (χ0) is 20.1. The number of allylic oxidation sites excluding steroid dienone is 1. The van der Waals surface area contributed by atoms with Crippen molar-refractivity contribution < 1.29 is 9.47 Å². The lowest BCUT2D eigenvalue weighted by Crippen LogP contribution is -2.38. The first-order chi connectivity index (χ1) is 14.2. The molecule has 2 aliphatic heterocycles. The average molecular weight is 412 g/mol. The molecule has 0 unspecified atom stereocenters. The van der Waals surface area contributed by atoms with Crippen LogP contribution in [-0.2, 0) is 9.47 Å². The smallest absolute Gasteiger partial charge is 0.135 e. The second-order valence-corrected chi connectivity index (χ2v) is 7.87. The molecule has 0 amide bonds. The molecular weight excluding hydrogens is 386 g/mol. The van der Waals surface area contributed by atoms with Gasteiger partial charge in [0, 0.05) is 49.1 Å². The Hall–Kier alpha value is -2.60. The molecule has 2 aliphatic rings. The Morgan fingerprint density at radius 2 is 1.83 bits per heavy atom. The van der Waals surface area contributed by atoms with Gasteiger partial charge in [-0.25, -0.2) is 4.98 Å². The fourth-order valence-corrected chi connectivity index (χ4v) is 4.26. The number of hydrogen-bond donors (Lipinski definition) is 1. The molecule has 0 aliphatic carbocycles. The predicted octanol–water partition coefficient (Wildman–Crippen LogP) is 3.10. The second-order valence-electron chi connectivity index (χ2n) is 7.01. The van der Waals surface area contributed by atoms with Crippen molar-refractivity contribution in [1.29, 1.82) is 5.26 Å². The minimum atomic E-state index is 0.535. The largest absolute Gasteiger partial charge is 0.378 e. The first-order valence-electron chi connectivity index (χ1n) is 9.83. The number of hydrogen-bond acceptors (Lipinski definition) is 8. The zero-order valence-electron chi connectivity index (χ0n) is 16.6. The van der Waals surface area contributed by atoms with E-state index in [2.05, 4.69) is 44.4 Å². The number of morpholine rings is 2. The lowest BCUT2D eigenvalue weighted by Gasteiger charge is -2.33. The summed E-state index contributed by atoms with van der Waals surface area (Å²) in [5, 5.41) is 15.6. The Balaban J connectivity index is 1.62. The fourth-order valence-electron chi connectivity index (χ4n) is 3.50. The molecule has 1 aromatic carbocycles. The molecule has 152 valence electrons. The van der Waals surface area contributed by atoms with Crippen LogP contribution in [0.3, 0.4) is 0 Å². The molecule has 7 nitrogen and oxygen atoms in total. The SMILES string of the molecule is Cc1csc(/C(C#N)=C/Nc2ccc(N3CCOCC3)cc2N2CCOCC2)n1. The third kappa shape index (κ3) is 4.70. The third-order valence-electron chi connectivity index (χ3n) is 5.05. The van der Waals surface area contributed by atoms with Crippen LogP contribution in [0.25, 0.3) is 5.57 Å². The highest BCUT2D eigenvalue weighted by molar-refractivity contribution is 7.10. The maximum absolute atomic E-state index is 9.56. The lowest BCUT2D eigenvalue weighted by atomic mass is 10.1. The number of nitrogens with zero attached hydrogens (tertiary/aromatic N) is 4. The van der Waals surface area contributed by atoms with Gasteiger partial charge in [0.05, 0.1) is 37.8 Å². The number of aryl methyl sites for hydroxylation is 1. The van der Waals surface area contributed by atoms with Crippen LogP contribution < -0.4 is 15.1 Å². The maximum atomic E-state index is 9.56. The molecule has 3 heterocycles. The van der Waals surface area contributed by atoms with E-state index in [0.29, 0.717) is 5.57 Å². The molecule has 1 aromatic heterocycles. The van der Waals surface area contributed by atoms with Crippen molar-refractivity contribution in [3.63, 3.8) is 0 Å². The number of anilines is 3. The van der Waals surface area contributed by atoms with Gasteiger partial charge < -0.3 is 24.6 Å². The average Bonchev–Trinajstić information content (AvgIpc) is 3.21. The van der Waals surface area contributed by atoms with Gasteiger partial charge in [-0.15, -0.1) is 11.3 Å². The molecule has 2 saturated heterocycles. The molecule has 8 heteroatoms. The first-order valence-corrected chi connectivity index (χ1v) is 10.7. The van der Waals surface area contributed by atoms with Crippen LogP contribution in [-0.4, -0.2) is 57.6 Å². The van der Waals surface area contributed by atoms with Crippen LogP contribution in [0, 0.1) is 18.3 Å². The molecule has 29 heavy (non-hydrogen) atoms. The Kier molecular flexibility index (Phi) is 6.30. The van der Waals surface area contributed by atoms with E-state index in [-0.39, 0.29) is 0 Å². The fraction of sp³-hybridized carbons (Fsp3) is 0.429. The summed E-state index contributed by atoms with van der Waals surface area (Å²) < 4.78 is 11.0. The van der Waals surface area contributed by atoms with E-state index in [1.54, 1.807) is 6.20 Å². The lowest BCUT2D eigenvalue weighted by molar-refractivity contribution is 0.122. The molecule has 2 aromatic rings. The number of rotatable bonds is 5. The van der Waals surface area contributed by atoms with Crippen molar-refractivity contribution in [3.05, 3.63) is 40.5 Å². The van der Waals surface area contributed by atoms with E-state index in [1.165, 1.54) is 17.0 Å². The molecule has 0 atom stereocenters. The summed E-state index contributed by atoms with van der Waals surface area (Å²) in [5.74, 6) is 0. The summed E-state index contributed by atoms with van der Waals surface area (Å²) in [5.41, 5.74) is 4.76. The number of benzene rings is 1. The molecule has 0 spiro atoms. The van der Waals surface area contributed by atoms with Crippen molar-refractivity contribution in [1.82, 2.24) is 4.98 Å². The summed E-state index contributed by atoms with van der Waals surface area (Å²) in [6.45, 7) is 8.39.